The molecular weight excluding hydrogens is 348 g/mol. The van der Waals surface area contributed by atoms with E-state index < -0.39 is 22.5 Å². The Kier molecular flexibility index (Phi) is 6.31. The molecule has 2 rings (SSSR count). The van der Waals surface area contributed by atoms with Gasteiger partial charge in [0.1, 0.15) is 11.6 Å². The fourth-order valence-corrected chi connectivity index (χ4v) is 2.14. The molecule has 0 unspecified atom stereocenters. The number of nitrogens with zero attached hydrogens (tertiary/aromatic N) is 1. The Morgan fingerprint density at radius 3 is 2.58 bits per heavy atom. The van der Waals surface area contributed by atoms with Gasteiger partial charge in [-0.25, -0.2) is 8.78 Å². The van der Waals surface area contributed by atoms with Gasteiger partial charge >= 0.3 is 0 Å². The highest BCUT2D eigenvalue weighted by molar-refractivity contribution is 5.94. The van der Waals surface area contributed by atoms with Crippen molar-refractivity contribution in [1.29, 1.82) is 0 Å². The van der Waals surface area contributed by atoms with Crippen LogP contribution in [0, 0.1) is 21.7 Å². The van der Waals surface area contributed by atoms with Crippen molar-refractivity contribution in [2.75, 3.05) is 11.9 Å². The van der Waals surface area contributed by atoms with Crippen LogP contribution in [0.4, 0.5) is 20.2 Å². The molecule has 0 spiro atoms. The highest BCUT2D eigenvalue weighted by Crippen LogP contribution is 2.17. The Morgan fingerprint density at radius 2 is 1.88 bits per heavy atom. The second-order valence-electron chi connectivity index (χ2n) is 5.34. The van der Waals surface area contributed by atoms with Crippen molar-refractivity contribution in [2.45, 2.75) is 12.8 Å². The van der Waals surface area contributed by atoms with Crippen molar-refractivity contribution in [3.63, 3.8) is 0 Å². The van der Waals surface area contributed by atoms with E-state index in [0.29, 0.717) is 11.8 Å². The molecule has 2 amide bonds. The predicted octanol–water partition coefficient (Wildman–Crippen LogP) is 3.02. The summed E-state index contributed by atoms with van der Waals surface area (Å²) in [5, 5.41) is 15.6. The molecule has 7 nitrogen and oxygen atoms in total. The Morgan fingerprint density at radius 1 is 1.12 bits per heavy atom. The maximum absolute atomic E-state index is 13.5. The molecule has 0 saturated heterocycles. The van der Waals surface area contributed by atoms with Gasteiger partial charge < -0.3 is 10.6 Å². The third kappa shape index (κ3) is 5.33. The van der Waals surface area contributed by atoms with Crippen LogP contribution in [-0.4, -0.2) is 23.3 Å². The van der Waals surface area contributed by atoms with Crippen LogP contribution < -0.4 is 10.6 Å². The lowest BCUT2D eigenvalue weighted by Crippen LogP contribution is -2.26. The lowest BCUT2D eigenvalue weighted by atomic mass is 10.2. The molecule has 0 aliphatic carbocycles. The van der Waals surface area contributed by atoms with Crippen molar-refractivity contribution in [1.82, 2.24) is 5.32 Å². The molecule has 0 heterocycles. The molecule has 0 aliphatic rings. The van der Waals surface area contributed by atoms with E-state index in [2.05, 4.69) is 10.6 Å². The van der Waals surface area contributed by atoms with Crippen LogP contribution >= 0.6 is 0 Å². The van der Waals surface area contributed by atoms with E-state index in [1.54, 1.807) is 0 Å². The molecule has 2 aromatic rings. The van der Waals surface area contributed by atoms with Crippen LogP contribution in [0.1, 0.15) is 23.2 Å². The molecule has 0 fully saturated rings. The number of benzene rings is 2. The van der Waals surface area contributed by atoms with Gasteiger partial charge in [0.15, 0.2) is 0 Å². The molecule has 0 atom stereocenters. The van der Waals surface area contributed by atoms with E-state index in [0.717, 1.165) is 12.1 Å². The van der Waals surface area contributed by atoms with Gasteiger partial charge in [-0.15, -0.1) is 0 Å². The highest BCUT2D eigenvalue weighted by atomic mass is 19.1. The average molecular weight is 363 g/mol. The smallest absolute Gasteiger partial charge is 0.271 e. The van der Waals surface area contributed by atoms with Crippen LogP contribution in [0.2, 0.25) is 0 Å². The number of rotatable bonds is 7. The third-order valence-corrected chi connectivity index (χ3v) is 3.38. The summed E-state index contributed by atoms with van der Waals surface area (Å²) in [6.45, 7) is 0.109. The zero-order valence-electron chi connectivity index (χ0n) is 13.5. The maximum atomic E-state index is 13.5. The Bertz CT molecular complexity index is 843. The number of anilines is 1. The first-order valence-corrected chi connectivity index (χ1v) is 7.64. The predicted molar refractivity (Wildman–Crippen MR) is 89.7 cm³/mol. The van der Waals surface area contributed by atoms with E-state index in [1.807, 2.05) is 0 Å². The first kappa shape index (κ1) is 19.0. The maximum Gasteiger partial charge on any atom is 0.271 e. The van der Waals surface area contributed by atoms with Crippen LogP contribution in [0.5, 0.6) is 0 Å². The number of carbonyl (C=O) groups is 2. The van der Waals surface area contributed by atoms with Crippen LogP contribution in [-0.2, 0) is 4.79 Å². The van der Waals surface area contributed by atoms with Crippen molar-refractivity contribution in [2.24, 2.45) is 0 Å². The quantitative estimate of drug-likeness (QED) is 0.448. The molecule has 0 aromatic heterocycles. The number of nitro groups is 1. The van der Waals surface area contributed by atoms with Gasteiger partial charge in [-0.2, -0.15) is 0 Å². The molecule has 2 N–H and O–H groups in total. The summed E-state index contributed by atoms with van der Waals surface area (Å²) in [7, 11) is 0. The summed E-state index contributed by atoms with van der Waals surface area (Å²) in [6.07, 6.45) is 0.324. The second-order valence-corrected chi connectivity index (χ2v) is 5.34. The Balaban J connectivity index is 1.77. The highest BCUT2D eigenvalue weighted by Gasteiger charge is 2.12. The number of hydrogen-bond acceptors (Lipinski definition) is 4. The fraction of sp³-hybridized carbons (Fsp3) is 0.176. The standard InChI is InChI=1S/C17H15F2N3O4/c18-11-6-7-14(15(19)9-11)17(24)20-8-2-5-16(23)21-12-3-1-4-13(10-12)22(25)26/h1,3-4,6-7,9-10H,2,5,8H2,(H,20,24)(H,21,23). The average Bonchev–Trinajstić information content (AvgIpc) is 2.58. The number of halogens is 2. The molecule has 9 heteroatoms. The van der Waals surface area contributed by atoms with Gasteiger partial charge in [-0.1, -0.05) is 6.07 Å². The number of carbonyl (C=O) groups excluding carboxylic acids is 2. The van der Waals surface area contributed by atoms with E-state index in [4.69, 9.17) is 0 Å². The van der Waals surface area contributed by atoms with Crippen molar-refractivity contribution in [3.8, 4) is 0 Å². The largest absolute Gasteiger partial charge is 0.352 e. The van der Waals surface area contributed by atoms with Crippen LogP contribution in [0.15, 0.2) is 42.5 Å². The van der Waals surface area contributed by atoms with Gasteiger partial charge in [-0.05, 0) is 24.6 Å². The molecular formula is C17H15F2N3O4. The fourth-order valence-electron chi connectivity index (χ4n) is 2.14. The SMILES string of the molecule is O=C(CCCNC(=O)c1ccc(F)cc1F)Nc1cccc([N+](=O)[O-])c1. The topological polar surface area (TPSA) is 101 Å². The first-order chi connectivity index (χ1) is 12.4. The molecule has 136 valence electrons. The van der Waals surface area contributed by atoms with Crippen molar-refractivity contribution >= 4 is 23.2 Å². The summed E-state index contributed by atoms with van der Waals surface area (Å²) < 4.78 is 26.3. The van der Waals surface area contributed by atoms with Crippen LogP contribution in [0.3, 0.4) is 0 Å². The number of nitro benzene ring substituents is 1. The summed E-state index contributed by atoms with van der Waals surface area (Å²) in [5.74, 6) is -2.84. The second kappa shape index (κ2) is 8.65. The third-order valence-electron chi connectivity index (χ3n) is 3.38. The van der Waals surface area contributed by atoms with Crippen molar-refractivity contribution < 1.29 is 23.3 Å². The Hall–Kier alpha value is -3.36. The van der Waals surface area contributed by atoms with Crippen molar-refractivity contribution in [3.05, 3.63) is 69.8 Å². The minimum Gasteiger partial charge on any atom is -0.352 e. The molecule has 0 bridgehead atoms. The number of non-ortho nitro benzene ring substituents is 1. The van der Waals surface area contributed by atoms with Crippen LogP contribution in [0.25, 0.3) is 0 Å². The molecule has 0 saturated carbocycles. The summed E-state index contributed by atoms with van der Waals surface area (Å²) in [4.78, 5) is 33.7. The van der Waals surface area contributed by atoms with E-state index >= 15 is 0 Å². The Labute approximate surface area is 147 Å². The summed E-state index contributed by atoms with van der Waals surface area (Å²) in [5.41, 5.74) is -0.134. The zero-order chi connectivity index (χ0) is 19.1. The number of nitrogens with one attached hydrogen (secondary N) is 2. The zero-order valence-corrected chi connectivity index (χ0v) is 13.5. The molecule has 0 radical (unpaired) electrons. The minimum absolute atomic E-state index is 0.0505. The van der Waals surface area contributed by atoms with Gasteiger partial charge in [0.2, 0.25) is 5.91 Å². The monoisotopic (exact) mass is 363 g/mol. The first-order valence-electron chi connectivity index (χ1n) is 7.64. The summed E-state index contributed by atoms with van der Waals surface area (Å²) in [6, 6.07) is 8.13. The van der Waals surface area contributed by atoms with E-state index in [1.165, 1.54) is 24.3 Å². The minimum atomic E-state index is -0.967. The molecule has 2 aromatic carbocycles. The lowest BCUT2D eigenvalue weighted by molar-refractivity contribution is -0.384. The summed E-state index contributed by atoms with van der Waals surface area (Å²) >= 11 is 0. The van der Waals surface area contributed by atoms with Gasteiger partial charge in [0.05, 0.1) is 10.5 Å². The number of amides is 2. The van der Waals surface area contributed by atoms with Gasteiger partial charge in [0.25, 0.3) is 11.6 Å². The molecule has 26 heavy (non-hydrogen) atoms. The molecule has 0 aliphatic heterocycles. The van der Waals surface area contributed by atoms with Gasteiger partial charge in [0, 0.05) is 36.9 Å². The number of hydrogen-bond donors (Lipinski definition) is 2. The van der Waals surface area contributed by atoms with E-state index in [-0.39, 0.29) is 36.5 Å². The van der Waals surface area contributed by atoms with Gasteiger partial charge in [-0.3, -0.25) is 19.7 Å². The van der Waals surface area contributed by atoms with E-state index in [9.17, 15) is 28.5 Å². The lowest BCUT2D eigenvalue weighted by Gasteiger charge is -2.07. The normalized spacial score (nSPS) is 10.2.